The van der Waals surface area contributed by atoms with Gasteiger partial charge in [0.15, 0.2) is 12.4 Å². The number of carbonyl (C=O) groups is 1. The summed E-state index contributed by atoms with van der Waals surface area (Å²) >= 11 is 5.91. The highest BCUT2D eigenvalue weighted by Gasteiger charge is 2.13. The van der Waals surface area contributed by atoms with Crippen molar-refractivity contribution in [3.8, 4) is 0 Å². The minimum atomic E-state index is 0.185. The van der Waals surface area contributed by atoms with Gasteiger partial charge in [-0.15, -0.1) is 0 Å². The lowest BCUT2D eigenvalue weighted by molar-refractivity contribution is -0.684. The number of aromatic nitrogens is 1. The van der Waals surface area contributed by atoms with Crippen molar-refractivity contribution >= 4 is 17.4 Å². The van der Waals surface area contributed by atoms with Crippen LogP contribution in [0.3, 0.4) is 0 Å². The number of aryl methyl sites for hydroxylation is 2. The Hall–Kier alpha value is -1.67. The molecule has 0 saturated carbocycles. The summed E-state index contributed by atoms with van der Waals surface area (Å²) in [6, 6.07) is 9.75. The normalized spacial score (nSPS) is 10.5. The number of hydrogen-bond donors (Lipinski definition) is 0. The topological polar surface area (TPSA) is 20.9 Å². The molecule has 19 heavy (non-hydrogen) atoms. The lowest BCUT2D eigenvalue weighted by Crippen LogP contribution is -2.37. The van der Waals surface area contributed by atoms with Crippen molar-refractivity contribution in [1.29, 1.82) is 0 Å². The molecule has 98 valence electrons. The monoisotopic (exact) mass is 274 g/mol. The minimum absolute atomic E-state index is 0.185. The number of rotatable bonds is 4. The first-order valence-corrected chi connectivity index (χ1v) is 6.65. The molecule has 2 rings (SSSR count). The summed E-state index contributed by atoms with van der Waals surface area (Å²) in [7, 11) is 0. The first-order valence-electron chi connectivity index (χ1n) is 6.27. The van der Waals surface area contributed by atoms with Crippen molar-refractivity contribution in [3.63, 3.8) is 0 Å². The van der Waals surface area contributed by atoms with Crippen LogP contribution in [0.25, 0.3) is 0 Å². The largest absolute Gasteiger partial charge is 0.292 e. The third kappa shape index (κ3) is 3.65. The van der Waals surface area contributed by atoms with E-state index in [4.69, 9.17) is 11.6 Å². The van der Waals surface area contributed by atoms with Crippen molar-refractivity contribution < 1.29 is 9.36 Å². The van der Waals surface area contributed by atoms with Crippen molar-refractivity contribution in [2.24, 2.45) is 0 Å². The van der Waals surface area contributed by atoms with Gasteiger partial charge in [0, 0.05) is 12.5 Å². The zero-order chi connectivity index (χ0) is 13.8. The van der Waals surface area contributed by atoms with Gasteiger partial charge in [0.05, 0.1) is 0 Å². The van der Waals surface area contributed by atoms with Crippen LogP contribution in [0, 0.1) is 13.8 Å². The van der Waals surface area contributed by atoms with Crippen LogP contribution >= 0.6 is 11.6 Å². The maximum absolute atomic E-state index is 12.1. The predicted octanol–water partition coefficient (Wildman–Crippen LogP) is 3.06. The van der Waals surface area contributed by atoms with Crippen molar-refractivity contribution in [2.75, 3.05) is 0 Å². The van der Waals surface area contributed by atoms with Gasteiger partial charge in [0.1, 0.15) is 5.02 Å². The van der Waals surface area contributed by atoms with E-state index in [1.165, 1.54) is 11.1 Å². The van der Waals surface area contributed by atoms with Crippen LogP contribution in [-0.4, -0.2) is 5.78 Å². The maximum Gasteiger partial charge on any atom is 0.206 e. The number of Topliss-reactive ketones (excluding diaryl/α,β-unsaturated/α-hetero) is 1. The third-order valence-electron chi connectivity index (χ3n) is 3.20. The van der Waals surface area contributed by atoms with Gasteiger partial charge >= 0.3 is 0 Å². The van der Waals surface area contributed by atoms with Gasteiger partial charge in [-0.3, -0.25) is 4.79 Å². The molecule has 0 bridgehead atoms. The van der Waals surface area contributed by atoms with E-state index < -0.39 is 0 Å². The molecule has 0 saturated heterocycles. The average Bonchev–Trinajstić information content (AvgIpc) is 2.34. The molecule has 0 unspecified atom stereocenters. The van der Waals surface area contributed by atoms with E-state index in [0.29, 0.717) is 18.0 Å². The highest BCUT2D eigenvalue weighted by Crippen LogP contribution is 2.14. The van der Waals surface area contributed by atoms with Crippen molar-refractivity contribution in [3.05, 3.63) is 64.4 Å². The fourth-order valence-corrected chi connectivity index (χ4v) is 2.37. The Kier molecular flexibility index (Phi) is 4.33. The summed E-state index contributed by atoms with van der Waals surface area (Å²) in [6.07, 6.45) is 4.09. The van der Waals surface area contributed by atoms with Crippen LogP contribution in [0.1, 0.15) is 16.7 Å². The molecule has 0 amide bonds. The van der Waals surface area contributed by atoms with Crippen molar-refractivity contribution in [1.82, 2.24) is 0 Å². The molecule has 1 aromatic heterocycles. The highest BCUT2D eigenvalue weighted by molar-refractivity contribution is 6.30. The number of hydrogen-bond acceptors (Lipinski definition) is 1. The van der Waals surface area contributed by atoms with E-state index in [9.17, 15) is 4.79 Å². The lowest BCUT2D eigenvalue weighted by Gasteiger charge is -2.07. The van der Waals surface area contributed by atoms with E-state index in [-0.39, 0.29) is 5.78 Å². The zero-order valence-corrected chi connectivity index (χ0v) is 11.9. The second kappa shape index (κ2) is 5.98. The van der Waals surface area contributed by atoms with Crippen LogP contribution < -0.4 is 4.57 Å². The smallest absolute Gasteiger partial charge is 0.206 e. The Bertz CT molecular complexity index is 587. The Morgan fingerprint density at radius 3 is 2.47 bits per heavy atom. The lowest BCUT2D eigenvalue weighted by atomic mass is 9.98. The second-order valence-electron chi connectivity index (χ2n) is 4.78. The van der Waals surface area contributed by atoms with Crippen molar-refractivity contribution in [2.45, 2.75) is 26.8 Å². The van der Waals surface area contributed by atoms with Crippen LogP contribution in [0.15, 0.2) is 42.7 Å². The standard InChI is InChI=1S/C16H17ClNO/c1-12-5-3-6-13(2)16(12)9-15(19)11-18-8-4-7-14(17)10-18/h3-8,10H,9,11H2,1-2H3/q+1. The summed E-state index contributed by atoms with van der Waals surface area (Å²) in [6.45, 7) is 4.44. The number of ketones is 1. The number of nitrogens with zero attached hydrogens (tertiary/aromatic N) is 1. The Morgan fingerprint density at radius 2 is 1.84 bits per heavy atom. The predicted molar refractivity (Wildman–Crippen MR) is 76.3 cm³/mol. The molecule has 0 radical (unpaired) electrons. The molecule has 2 aromatic rings. The maximum atomic E-state index is 12.1. The molecule has 0 fully saturated rings. The van der Waals surface area contributed by atoms with Gasteiger partial charge in [-0.05, 0) is 36.6 Å². The Balaban J connectivity index is 2.10. The van der Waals surface area contributed by atoms with Crippen LogP contribution in [0.5, 0.6) is 0 Å². The van der Waals surface area contributed by atoms with E-state index in [2.05, 4.69) is 0 Å². The molecule has 0 aliphatic carbocycles. The van der Waals surface area contributed by atoms with Crippen LogP contribution in [-0.2, 0) is 17.8 Å². The molecule has 0 aliphatic heterocycles. The average molecular weight is 275 g/mol. The van der Waals surface area contributed by atoms with E-state index in [1.807, 2.05) is 48.9 Å². The molecule has 1 aromatic carbocycles. The molecule has 0 N–H and O–H groups in total. The van der Waals surface area contributed by atoms with Gasteiger partial charge in [0.2, 0.25) is 12.3 Å². The third-order valence-corrected chi connectivity index (χ3v) is 3.42. The number of pyridine rings is 1. The second-order valence-corrected chi connectivity index (χ2v) is 5.22. The van der Waals surface area contributed by atoms with E-state index in [1.54, 1.807) is 12.3 Å². The summed E-state index contributed by atoms with van der Waals surface area (Å²) in [5, 5.41) is 0.641. The minimum Gasteiger partial charge on any atom is -0.292 e. The number of benzene rings is 1. The zero-order valence-electron chi connectivity index (χ0n) is 11.2. The molecule has 0 atom stereocenters. The summed E-state index contributed by atoms with van der Waals surface area (Å²) in [5.41, 5.74) is 3.48. The molecule has 0 spiro atoms. The van der Waals surface area contributed by atoms with Crippen LogP contribution in [0.4, 0.5) is 0 Å². The highest BCUT2D eigenvalue weighted by atomic mass is 35.5. The molecular weight excluding hydrogens is 258 g/mol. The Labute approximate surface area is 118 Å². The number of carbonyl (C=O) groups excluding carboxylic acids is 1. The van der Waals surface area contributed by atoms with Gasteiger partial charge in [-0.25, -0.2) is 0 Å². The van der Waals surface area contributed by atoms with Gasteiger partial charge in [0.25, 0.3) is 0 Å². The van der Waals surface area contributed by atoms with E-state index in [0.717, 1.165) is 5.56 Å². The molecule has 3 heteroatoms. The van der Waals surface area contributed by atoms with E-state index >= 15 is 0 Å². The molecule has 0 aliphatic rings. The van der Waals surface area contributed by atoms with Gasteiger partial charge < -0.3 is 0 Å². The molecule has 1 heterocycles. The fraction of sp³-hybridized carbons (Fsp3) is 0.250. The molecule has 2 nitrogen and oxygen atoms in total. The van der Waals surface area contributed by atoms with Crippen LogP contribution in [0.2, 0.25) is 5.02 Å². The summed E-state index contributed by atoms with van der Waals surface area (Å²) in [4.78, 5) is 12.1. The quantitative estimate of drug-likeness (QED) is 0.785. The molecular formula is C16H17ClNO+. The first kappa shape index (κ1) is 13.8. The summed E-state index contributed by atoms with van der Waals surface area (Å²) in [5.74, 6) is 0.185. The fourth-order valence-electron chi connectivity index (χ4n) is 2.17. The number of halogens is 1. The SMILES string of the molecule is Cc1cccc(C)c1CC(=O)C[n+]1cccc(Cl)c1. The first-order chi connectivity index (χ1) is 9.06. The Morgan fingerprint density at radius 1 is 1.16 bits per heavy atom. The van der Waals surface area contributed by atoms with Gasteiger partial charge in [-0.1, -0.05) is 29.8 Å². The summed E-state index contributed by atoms with van der Waals surface area (Å²) < 4.78 is 1.82. The van der Waals surface area contributed by atoms with Gasteiger partial charge in [-0.2, -0.15) is 4.57 Å².